The molecule has 7 nitrogen and oxygen atoms in total. The average Bonchev–Trinajstić information content (AvgIpc) is 3.05. The third kappa shape index (κ3) is 4.16. The van der Waals surface area contributed by atoms with E-state index in [4.69, 9.17) is 5.11 Å². The summed E-state index contributed by atoms with van der Waals surface area (Å²) in [7, 11) is -3.81. The van der Waals surface area contributed by atoms with Crippen LogP contribution in [0, 0.1) is 12.8 Å². The minimum atomic E-state index is -3.81. The van der Waals surface area contributed by atoms with Crippen LogP contribution in [0.1, 0.15) is 48.0 Å². The topological polar surface area (TPSA) is 95.0 Å². The summed E-state index contributed by atoms with van der Waals surface area (Å²) < 4.78 is 27.6. The molecule has 1 aromatic carbocycles. The summed E-state index contributed by atoms with van der Waals surface area (Å²) in [5.41, 5.74) is 0.468. The molecule has 2 fully saturated rings. The summed E-state index contributed by atoms with van der Waals surface area (Å²) in [5, 5.41) is 9.17. The Labute approximate surface area is 160 Å². The Kier molecular flexibility index (Phi) is 5.86. The molecule has 2 aliphatic rings. The minimum Gasteiger partial charge on any atom is -0.478 e. The van der Waals surface area contributed by atoms with Crippen molar-refractivity contribution in [3.05, 3.63) is 29.3 Å². The molecule has 1 aliphatic carbocycles. The van der Waals surface area contributed by atoms with E-state index in [0.29, 0.717) is 31.6 Å². The third-order valence-corrected chi connectivity index (χ3v) is 7.56. The van der Waals surface area contributed by atoms with Gasteiger partial charge in [0.25, 0.3) is 0 Å². The molecular formula is C19H26N2O5S. The first kappa shape index (κ1) is 19.8. The van der Waals surface area contributed by atoms with E-state index in [1.807, 2.05) is 0 Å². The van der Waals surface area contributed by atoms with Crippen LogP contribution in [0.4, 0.5) is 0 Å². The summed E-state index contributed by atoms with van der Waals surface area (Å²) in [6.07, 6.45) is 4.61. The van der Waals surface area contributed by atoms with Crippen LogP contribution in [-0.2, 0) is 14.8 Å². The van der Waals surface area contributed by atoms with Gasteiger partial charge in [0.1, 0.15) is 0 Å². The van der Waals surface area contributed by atoms with Crippen molar-refractivity contribution in [3.8, 4) is 0 Å². The standard InChI is InChI=1S/C19H26N2O5S/c1-14-7-8-16(19(23)24)13-17(14)27(25,26)21-10-4-9-20(11-12-21)18(22)15-5-2-3-6-15/h7-8,13,15H,2-6,9-12H2,1H3,(H,23,24). The first-order chi connectivity index (χ1) is 12.8. The van der Waals surface area contributed by atoms with Crippen molar-refractivity contribution in [3.63, 3.8) is 0 Å². The highest BCUT2D eigenvalue weighted by Gasteiger charge is 2.32. The number of sulfonamides is 1. The van der Waals surface area contributed by atoms with Gasteiger partial charge in [0.05, 0.1) is 10.5 Å². The molecule has 0 unspecified atom stereocenters. The maximum absolute atomic E-state index is 13.1. The second-order valence-corrected chi connectivity index (χ2v) is 9.26. The van der Waals surface area contributed by atoms with Gasteiger partial charge in [-0.25, -0.2) is 13.2 Å². The molecule has 0 spiro atoms. The highest BCUT2D eigenvalue weighted by molar-refractivity contribution is 7.89. The molecule has 1 N–H and O–H groups in total. The zero-order valence-corrected chi connectivity index (χ0v) is 16.4. The van der Waals surface area contributed by atoms with E-state index in [1.165, 1.54) is 22.5 Å². The summed E-state index contributed by atoms with van der Waals surface area (Å²) in [6.45, 7) is 3.17. The molecule has 1 amide bonds. The Morgan fingerprint density at radius 3 is 2.41 bits per heavy atom. The molecule has 1 aliphatic heterocycles. The number of amides is 1. The predicted octanol–water partition coefficient (Wildman–Crippen LogP) is 2.11. The van der Waals surface area contributed by atoms with Crippen molar-refractivity contribution in [1.82, 2.24) is 9.21 Å². The van der Waals surface area contributed by atoms with Gasteiger partial charge >= 0.3 is 5.97 Å². The first-order valence-corrected chi connectivity index (χ1v) is 10.9. The van der Waals surface area contributed by atoms with Crippen LogP contribution in [0.3, 0.4) is 0 Å². The Hall–Kier alpha value is -1.93. The summed E-state index contributed by atoms with van der Waals surface area (Å²) >= 11 is 0. The smallest absolute Gasteiger partial charge is 0.335 e. The van der Waals surface area contributed by atoms with Crippen molar-refractivity contribution in [2.45, 2.75) is 43.9 Å². The number of carbonyl (C=O) groups is 2. The molecule has 3 rings (SSSR count). The Bertz CT molecular complexity index is 831. The predicted molar refractivity (Wildman–Crippen MR) is 100 cm³/mol. The van der Waals surface area contributed by atoms with Crippen LogP contribution in [0.15, 0.2) is 23.1 Å². The van der Waals surface area contributed by atoms with Crippen molar-refractivity contribution in [2.75, 3.05) is 26.2 Å². The first-order valence-electron chi connectivity index (χ1n) is 9.43. The van der Waals surface area contributed by atoms with E-state index in [0.717, 1.165) is 25.7 Å². The lowest BCUT2D eigenvalue weighted by molar-refractivity contribution is -0.135. The van der Waals surface area contributed by atoms with Gasteiger partial charge in [-0.1, -0.05) is 18.9 Å². The number of carbonyl (C=O) groups excluding carboxylic acids is 1. The van der Waals surface area contributed by atoms with Crippen LogP contribution in [0.25, 0.3) is 0 Å². The second kappa shape index (κ2) is 7.98. The lowest BCUT2D eigenvalue weighted by Gasteiger charge is -2.24. The van der Waals surface area contributed by atoms with Crippen LogP contribution in [-0.4, -0.2) is 60.8 Å². The normalized spacial score (nSPS) is 19.8. The van der Waals surface area contributed by atoms with Gasteiger partial charge in [-0.15, -0.1) is 0 Å². The van der Waals surface area contributed by atoms with Gasteiger partial charge < -0.3 is 10.0 Å². The molecule has 0 radical (unpaired) electrons. The number of carboxylic acids is 1. The van der Waals surface area contributed by atoms with Gasteiger partial charge in [-0.05, 0) is 43.9 Å². The molecule has 0 bridgehead atoms. The SMILES string of the molecule is Cc1ccc(C(=O)O)cc1S(=O)(=O)N1CCCN(C(=O)C2CCCC2)CC1. The van der Waals surface area contributed by atoms with E-state index in [-0.39, 0.29) is 28.8 Å². The number of rotatable bonds is 4. The number of aryl methyl sites for hydroxylation is 1. The summed E-state index contributed by atoms with van der Waals surface area (Å²) in [5.74, 6) is -0.922. The number of hydrogen-bond donors (Lipinski definition) is 1. The zero-order valence-electron chi connectivity index (χ0n) is 15.6. The molecule has 1 saturated heterocycles. The van der Waals surface area contributed by atoms with E-state index in [9.17, 15) is 18.0 Å². The lowest BCUT2D eigenvalue weighted by Crippen LogP contribution is -2.39. The third-order valence-electron chi connectivity index (χ3n) is 5.52. The molecule has 1 heterocycles. The van der Waals surface area contributed by atoms with Gasteiger partial charge in [0, 0.05) is 32.1 Å². The average molecular weight is 394 g/mol. The molecule has 27 heavy (non-hydrogen) atoms. The van der Waals surface area contributed by atoms with Gasteiger partial charge in [-0.2, -0.15) is 4.31 Å². The Morgan fingerprint density at radius 2 is 1.74 bits per heavy atom. The van der Waals surface area contributed by atoms with E-state index >= 15 is 0 Å². The number of nitrogens with zero attached hydrogens (tertiary/aromatic N) is 2. The highest BCUT2D eigenvalue weighted by atomic mass is 32.2. The fourth-order valence-electron chi connectivity index (χ4n) is 3.94. The summed E-state index contributed by atoms with van der Waals surface area (Å²) in [6, 6.07) is 4.14. The summed E-state index contributed by atoms with van der Waals surface area (Å²) in [4.78, 5) is 25.7. The number of aromatic carboxylic acids is 1. The number of carboxylic acid groups (broad SMARTS) is 1. The fraction of sp³-hybridized carbons (Fsp3) is 0.579. The molecule has 1 aromatic rings. The zero-order chi connectivity index (χ0) is 19.6. The van der Waals surface area contributed by atoms with Crippen molar-refractivity contribution >= 4 is 21.9 Å². The second-order valence-electron chi connectivity index (χ2n) is 7.35. The lowest BCUT2D eigenvalue weighted by atomic mass is 10.1. The molecule has 0 atom stereocenters. The van der Waals surface area contributed by atoms with Crippen LogP contribution in [0.5, 0.6) is 0 Å². The van der Waals surface area contributed by atoms with Gasteiger partial charge in [0.15, 0.2) is 0 Å². The van der Waals surface area contributed by atoms with Gasteiger partial charge in [-0.3, -0.25) is 4.79 Å². The fourth-order valence-corrected chi connectivity index (χ4v) is 5.66. The molecule has 148 valence electrons. The highest BCUT2D eigenvalue weighted by Crippen LogP contribution is 2.28. The van der Waals surface area contributed by atoms with Crippen molar-refractivity contribution < 1.29 is 23.1 Å². The number of hydrogen-bond acceptors (Lipinski definition) is 4. The van der Waals surface area contributed by atoms with Crippen molar-refractivity contribution in [1.29, 1.82) is 0 Å². The Balaban J connectivity index is 1.77. The molecule has 8 heteroatoms. The van der Waals surface area contributed by atoms with E-state index < -0.39 is 16.0 Å². The van der Waals surface area contributed by atoms with Crippen LogP contribution in [0.2, 0.25) is 0 Å². The maximum Gasteiger partial charge on any atom is 0.335 e. The van der Waals surface area contributed by atoms with Crippen LogP contribution < -0.4 is 0 Å². The minimum absolute atomic E-state index is 0.0259. The van der Waals surface area contributed by atoms with Crippen LogP contribution >= 0.6 is 0 Å². The monoisotopic (exact) mass is 394 g/mol. The van der Waals surface area contributed by atoms with E-state index in [1.54, 1.807) is 11.8 Å². The van der Waals surface area contributed by atoms with E-state index in [2.05, 4.69) is 0 Å². The van der Waals surface area contributed by atoms with Gasteiger partial charge in [0.2, 0.25) is 15.9 Å². The quantitative estimate of drug-likeness (QED) is 0.844. The Morgan fingerprint density at radius 1 is 1.04 bits per heavy atom. The largest absolute Gasteiger partial charge is 0.478 e. The molecule has 1 saturated carbocycles. The van der Waals surface area contributed by atoms with Crippen molar-refractivity contribution in [2.24, 2.45) is 5.92 Å². The maximum atomic E-state index is 13.1. The molecular weight excluding hydrogens is 368 g/mol. The number of benzene rings is 1. The molecule has 0 aromatic heterocycles.